The summed E-state index contributed by atoms with van der Waals surface area (Å²) in [6.07, 6.45) is 3.48. The molecule has 4 heteroatoms. The average molecular weight is 196 g/mol. The monoisotopic (exact) mass is 196 g/mol. The first-order valence-corrected chi connectivity index (χ1v) is 5.27. The van der Waals surface area contributed by atoms with Gasteiger partial charge in [0.05, 0.1) is 0 Å². The number of carbonyl (C=O) groups is 1. The van der Waals surface area contributed by atoms with E-state index >= 15 is 0 Å². The number of carbonyl (C=O) groups excluding carboxylic acids is 1. The third-order valence-electron chi connectivity index (χ3n) is 2.30. The molecule has 0 atom stereocenters. The van der Waals surface area contributed by atoms with E-state index in [2.05, 4.69) is 9.69 Å². The van der Waals surface area contributed by atoms with Gasteiger partial charge in [0.2, 0.25) is 0 Å². The van der Waals surface area contributed by atoms with Crippen LogP contribution in [0.5, 0.6) is 0 Å². The number of aryl methyl sites for hydroxylation is 1. The Balaban J connectivity index is 1.96. The van der Waals surface area contributed by atoms with Crippen LogP contribution in [0, 0.1) is 6.92 Å². The van der Waals surface area contributed by atoms with E-state index < -0.39 is 0 Å². The van der Waals surface area contributed by atoms with Crippen molar-refractivity contribution in [1.29, 1.82) is 0 Å². The summed E-state index contributed by atoms with van der Waals surface area (Å²) in [5.41, 5.74) is 0.564. The molecule has 0 saturated heterocycles. The maximum absolute atomic E-state index is 11.5. The van der Waals surface area contributed by atoms with E-state index in [1.165, 1.54) is 18.0 Å². The number of hydrogen-bond acceptors (Lipinski definition) is 3. The van der Waals surface area contributed by atoms with Gasteiger partial charge in [-0.3, -0.25) is 4.79 Å². The Morgan fingerprint density at radius 3 is 2.92 bits per heavy atom. The Hall–Kier alpha value is -0.900. The topological polar surface area (TPSA) is 42.0 Å². The SMILES string of the molecule is Cc1cc(C(=O)NC2CCC2)ns1. The van der Waals surface area contributed by atoms with Crippen LogP contribution in [-0.2, 0) is 0 Å². The second-order valence-corrected chi connectivity index (χ2v) is 4.43. The number of amides is 1. The molecule has 1 aromatic heterocycles. The minimum Gasteiger partial charge on any atom is -0.348 e. The standard InChI is InChI=1S/C9H12N2OS/c1-6-5-8(11-13-6)9(12)10-7-3-2-4-7/h5,7H,2-4H2,1H3,(H,10,12). The van der Waals surface area contributed by atoms with Crippen LogP contribution in [0.3, 0.4) is 0 Å². The summed E-state index contributed by atoms with van der Waals surface area (Å²) in [4.78, 5) is 12.6. The average Bonchev–Trinajstić information content (AvgIpc) is 2.44. The van der Waals surface area contributed by atoms with Crippen molar-refractivity contribution in [3.05, 3.63) is 16.6 Å². The zero-order valence-electron chi connectivity index (χ0n) is 7.54. The van der Waals surface area contributed by atoms with Gasteiger partial charge in [-0.05, 0) is 43.8 Å². The zero-order chi connectivity index (χ0) is 9.26. The van der Waals surface area contributed by atoms with Gasteiger partial charge in [-0.2, -0.15) is 4.37 Å². The van der Waals surface area contributed by atoms with Crippen molar-refractivity contribution in [2.24, 2.45) is 0 Å². The number of nitrogens with zero attached hydrogens (tertiary/aromatic N) is 1. The fourth-order valence-corrected chi connectivity index (χ4v) is 1.83. The molecule has 13 heavy (non-hydrogen) atoms. The normalized spacial score (nSPS) is 16.7. The lowest BCUT2D eigenvalue weighted by Crippen LogP contribution is -2.39. The van der Waals surface area contributed by atoms with E-state index in [1.807, 2.05) is 13.0 Å². The van der Waals surface area contributed by atoms with Gasteiger partial charge in [-0.15, -0.1) is 0 Å². The van der Waals surface area contributed by atoms with Gasteiger partial charge < -0.3 is 5.32 Å². The van der Waals surface area contributed by atoms with Crippen LogP contribution in [0.15, 0.2) is 6.07 Å². The van der Waals surface area contributed by atoms with Crippen LogP contribution in [-0.4, -0.2) is 16.3 Å². The van der Waals surface area contributed by atoms with Crippen molar-refractivity contribution in [3.8, 4) is 0 Å². The fourth-order valence-electron chi connectivity index (χ4n) is 1.29. The first kappa shape index (κ1) is 8.69. The third kappa shape index (κ3) is 1.88. The molecular formula is C9H12N2OS. The minimum atomic E-state index is -0.0194. The molecule has 0 spiro atoms. The Morgan fingerprint density at radius 1 is 1.69 bits per heavy atom. The summed E-state index contributed by atoms with van der Waals surface area (Å²) in [6.45, 7) is 1.96. The van der Waals surface area contributed by atoms with Crippen molar-refractivity contribution < 1.29 is 4.79 Å². The molecule has 1 fully saturated rings. The summed E-state index contributed by atoms with van der Waals surface area (Å²) in [5.74, 6) is -0.0194. The molecule has 1 amide bonds. The minimum absolute atomic E-state index is 0.0194. The van der Waals surface area contributed by atoms with E-state index in [0.29, 0.717) is 11.7 Å². The van der Waals surface area contributed by atoms with Gasteiger partial charge in [-0.25, -0.2) is 0 Å². The van der Waals surface area contributed by atoms with Gasteiger partial charge in [0.25, 0.3) is 5.91 Å². The van der Waals surface area contributed by atoms with Gasteiger partial charge in [0, 0.05) is 10.9 Å². The Morgan fingerprint density at radius 2 is 2.46 bits per heavy atom. The molecule has 0 radical (unpaired) electrons. The van der Waals surface area contributed by atoms with E-state index in [-0.39, 0.29) is 5.91 Å². The Kier molecular flexibility index (Phi) is 2.31. The summed E-state index contributed by atoms with van der Waals surface area (Å²) in [7, 11) is 0. The molecule has 1 aromatic rings. The third-order valence-corrected chi connectivity index (χ3v) is 2.99. The zero-order valence-corrected chi connectivity index (χ0v) is 8.36. The smallest absolute Gasteiger partial charge is 0.271 e. The highest BCUT2D eigenvalue weighted by Crippen LogP contribution is 2.18. The second kappa shape index (κ2) is 3.46. The van der Waals surface area contributed by atoms with E-state index in [1.54, 1.807) is 0 Å². The van der Waals surface area contributed by atoms with E-state index in [9.17, 15) is 4.79 Å². The summed E-state index contributed by atoms with van der Waals surface area (Å²) < 4.78 is 4.06. The van der Waals surface area contributed by atoms with Crippen LogP contribution >= 0.6 is 11.5 Å². The van der Waals surface area contributed by atoms with Gasteiger partial charge in [-0.1, -0.05) is 0 Å². The number of aromatic nitrogens is 1. The predicted octanol–water partition coefficient (Wildman–Crippen LogP) is 1.73. The largest absolute Gasteiger partial charge is 0.348 e. The van der Waals surface area contributed by atoms with E-state index in [0.717, 1.165) is 17.7 Å². The van der Waals surface area contributed by atoms with E-state index in [4.69, 9.17) is 0 Å². The number of rotatable bonds is 2. The lowest BCUT2D eigenvalue weighted by molar-refractivity contribution is 0.0913. The Labute approximate surface area is 81.3 Å². The van der Waals surface area contributed by atoms with Crippen LogP contribution in [0.25, 0.3) is 0 Å². The molecule has 1 aliphatic carbocycles. The molecule has 0 bridgehead atoms. The maximum Gasteiger partial charge on any atom is 0.271 e. The highest BCUT2D eigenvalue weighted by atomic mass is 32.1. The quantitative estimate of drug-likeness (QED) is 0.782. The summed E-state index contributed by atoms with van der Waals surface area (Å²) >= 11 is 1.37. The van der Waals surface area contributed by atoms with Crippen LogP contribution in [0.4, 0.5) is 0 Å². The number of hydrogen-bond donors (Lipinski definition) is 1. The Bertz CT molecular complexity index is 317. The lowest BCUT2D eigenvalue weighted by atomic mass is 9.93. The van der Waals surface area contributed by atoms with Crippen molar-refractivity contribution in [3.63, 3.8) is 0 Å². The highest BCUT2D eigenvalue weighted by Gasteiger charge is 2.20. The molecule has 70 valence electrons. The van der Waals surface area contributed by atoms with Crippen LogP contribution in [0.2, 0.25) is 0 Å². The van der Waals surface area contributed by atoms with Gasteiger partial charge in [0.1, 0.15) is 5.69 Å². The highest BCUT2D eigenvalue weighted by molar-refractivity contribution is 7.05. The lowest BCUT2D eigenvalue weighted by Gasteiger charge is -2.25. The summed E-state index contributed by atoms with van der Waals surface area (Å²) in [5, 5.41) is 2.95. The molecule has 0 aliphatic heterocycles. The molecule has 0 aromatic carbocycles. The molecule has 1 N–H and O–H groups in total. The second-order valence-electron chi connectivity index (χ2n) is 3.42. The molecule has 3 nitrogen and oxygen atoms in total. The molecular weight excluding hydrogens is 184 g/mol. The number of nitrogens with one attached hydrogen (secondary N) is 1. The van der Waals surface area contributed by atoms with Crippen LogP contribution < -0.4 is 5.32 Å². The fraction of sp³-hybridized carbons (Fsp3) is 0.556. The molecule has 1 aliphatic rings. The van der Waals surface area contributed by atoms with Crippen molar-refractivity contribution in [2.45, 2.75) is 32.2 Å². The van der Waals surface area contributed by atoms with Crippen molar-refractivity contribution in [1.82, 2.24) is 9.69 Å². The predicted molar refractivity (Wildman–Crippen MR) is 52.0 cm³/mol. The van der Waals surface area contributed by atoms with Crippen molar-refractivity contribution in [2.75, 3.05) is 0 Å². The maximum atomic E-state index is 11.5. The van der Waals surface area contributed by atoms with Crippen molar-refractivity contribution >= 4 is 17.4 Å². The first-order chi connectivity index (χ1) is 6.25. The summed E-state index contributed by atoms with van der Waals surface area (Å²) in [6, 6.07) is 2.23. The molecule has 0 unspecified atom stereocenters. The molecule has 2 rings (SSSR count). The van der Waals surface area contributed by atoms with Gasteiger partial charge >= 0.3 is 0 Å². The van der Waals surface area contributed by atoms with Gasteiger partial charge in [0.15, 0.2) is 0 Å². The molecule has 1 saturated carbocycles. The van der Waals surface area contributed by atoms with Crippen LogP contribution in [0.1, 0.15) is 34.6 Å². The first-order valence-electron chi connectivity index (χ1n) is 4.50. The molecule has 1 heterocycles.